The Bertz CT molecular complexity index is 793. The molecule has 5 heteroatoms. The van der Waals surface area contributed by atoms with Crippen LogP contribution in [0.25, 0.3) is 0 Å². The largest absolute Gasteiger partial charge is 0.274 e. The predicted molar refractivity (Wildman–Crippen MR) is 98.9 cm³/mol. The summed E-state index contributed by atoms with van der Waals surface area (Å²) in [6, 6.07) is 21.1. The standard InChI is InChI=1S/C20H18N2O2S/c23-20(22-24-14-16-5-2-1-3-6-16)18-8-10-19(11-9-18)25-15-17-7-4-12-21-13-17/h1-13H,14-15H2,(H,22,23). The minimum atomic E-state index is -0.250. The van der Waals surface area contributed by atoms with E-state index in [0.29, 0.717) is 12.2 Å². The molecule has 0 aliphatic rings. The molecule has 1 heterocycles. The minimum absolute atomic E-state index is 0.250. The maximum absolute atomic E-state index is 12.1. The van der Waals surface area contributed by atoms with E-state index in [1.807, 2.05) is 60.8 Å². The van der Waals surface area contributed by atoms with Gasteiger partial charge in [0.15, 0.2) is 0 Å². The molecule has 1 amide bonds. The van der Waals surface area contributed by atoms with Crippen LogP contribution < -0.4 is 5.48 Å². The summed E-state index contributed by atoms with van der Waals surface area (Å²) in [5.74, 6) is 0.597. The predicted octanol–water partition coefficient (Wildman–Crippen LogP) is 4.24. The van der Waals surface area contributed by atoms with Crippen LogP contribution in [-0.2, 0) is 17.2 Å². The first-order valence-electron chi connectivity index (χ1n) is 7.89. The Balaban J connectivity index is 1.47. The molecule has 0 saturated heterocycles. The maximum atomic E-state index is 12.1. The van der Waals surface area contributed by atoms with Crippen LogP contribution in [-0.4, -0.2) is 10.9 Å². The highest BCUT2D eigenvalue weighted by atomic mass is 32.2. The van der Waals surface area contributed by atoms with E-state index in [-0.39, 0.29) is 5.91 Å². The van der Waals surface area contributed by atoms with Gasteiger partial charge in [-0.3, -0.25) is 14.6 Å². The Morgan fingerprint density at radius 2 is 1.72 bits per heavy atom. The molecule has 3 aromatic rings. The van der Waals surface area contributed by atoms with Crippen molar-refractivity contribution < 1.29 is 9.63 Å². The molecule has 0 aliphatic carbocycles. The highest BCUT2D eigenvalue weighted by Gasteiger charge is 2.06. The number of hydrogen-bond donors (Lipinski definition) is 1. The zero-order chi connectivity index (χ0) is 17.3. The average molecular weight is 350 g/mol. The number of rotatable bonds is 7. The Labute approximate surface area is 151 Å². The first-order valence-corrected chi connectivity index (χ1v) is 8.87. The van der Waals surface area contributed by atoms with Crippen molar-refractivity contribution in [2.45, 2.75) is 17.3 Å². The number of aromatic nitrogens is 1. The monoisotopic (exact) mass is 350 g/mol. The quantitative estimate of drug-likeness (QED) is 0.512. The molecule has 4 nitrogen and oxygen atoms in total. The molecule has 0 spiro atoms. The fraction of sp³-hybridized carbons (Fsp3) is 0.100. The normalized spacial score (nSPS) is 10.4. The highest BCUT2D eigenvalue weighted by Crippen LogP contribution is 2.22. The summed E-state index contributed by atoms with van der Waals surface area (Å²) in [7, 11) is 0. The van der Waals surface area contributed by atoms with E-state index in [1.54, 1.807) is 30.1 Å². The summed E-state index contributed by atoms with van der Waals surface area (Å²) in [6.07, 6.45) is 3.63. The molecule has 0 fully saturated rings. The second-order valence-electron chi connectivity index (χ2n) is 5.38. The minimum Gasteiger partial charge on any atom is -0.269 e. The molecule has 2 aromatic carbocycles. The molecule has 0 unspecified atom stereocenters. The lowest BCUT2D eigenvalue weighted by Crippen LogP contribution is -2.23. The maximum Gasteiger partial charge on any atom is 0.274 e. The van der Waals surface area contributed by atoms with Gasteiger partial charge < -0.3 is 0 Å². The van der Waals surface area contributed by atoms with Gasteiger partial charge in [-0.05, 0) is 41.5 Å². The zero-order valence-electron chi connectivity index (χ0n) is 13.6. The second-order valence-corrected chi connectivity index (χ2v) is 6.43. The van der Waals surface area contributed by atoms with Crippen molar-refractivity contribution in [2.75, 3.05) is 0 Å². The number of thioether (sulfide) groups is 1. The van der Waals surface area contributed by atoms with Crippen LogP contribution in [0.4, 0.5) is 0 Å². The average Bonchev–Trinajstić information content (AvgIpc) is 2.68. The van der Waals surface area contributed by atoms with E-state index >= 15 is 0 Å². The number of amides is 1. The molecule has 0 aliphatic heterocycles. The van der Waals surface area contributed by atoms with E-state index in [9.17, 15) is 4.79 Å². The Kier molecular flexibility index (Phi) is 6.20. The van der Waals surface area contributed by atoms with Gasteiger partial charge in [-0.15, -0.1) is 11.8 Å². The van der Waals surface area contributed by atoms with E-state index in [0.717, 1.165) is 16.2 Å². The third-order valence-electron chi connectivity index (χ3n) is 3.49. The molecule has 0 bridgehead atoms. The molecule has 0 saturated carbocycles. The Morgan fingerprint density at radius 3 is 2.44 bits per heavy atom. The van der Waals surface area contributed by atoms with E-state index in [4.69, 9.17) is 4.84 Å². The summed E-state index contributed by atoms with van der Waals surface area (Å²) in [4.78, 5) is 22.5. The molecule has 126 valence electrons. The van der Waals surface area contributed by atoms with Crippen LogP contribution >= 0.6 is 11.8 Å². The van der Waals surface area contributed by atoms with Gasteiger partial charge in [-0.1, -0.05) is 36.4 Å². The molecule has 1 aromatic heterocycles. The second kappa shape index (κ2) is 9.01. The van der Waals surface area contributed by atoms with Gasteiger partial charge in [0.25, 0.3) is 5.91 Å². The molecular formula is C20H18N2O2S. The van der Waals surface area contributed by atoms with Crippen molar-refractivity contribution in [2.24, 2.45) is 0 Å². The summed E-state index contributed by atoms with van der Waals surface area (Å²) in [5.41, 5.74) is 5.21. The third kappa shape index (κ3) is 5.45. The van der Waals surface area contributed by atoms with Gasteiger partial charge in [0.05, 0.1) is 6.61 Å². The van der Waals surface area contributed by atoms with Crippen LogP contribution in [0, 0.1) is 0 Å². The molecule has 0 atom stereocenters. The van der Waals surface area contributed by atoms with Crippen molar-refractivity contribution in [1.29, 1.82) is 0 Å². The lowest BCUT2D eigenvalue weighted by molar-refractivity contribution is 0.0233. The summed E-state index contributed by atoms with van der Waals surface area (Å²) >= 11 is 1.71. The first kappa shape index (κ1) is 17.2. The van der Waals surface area contributed by atoms with Gasteiger partial charge in [0, 0.05) is 28.6 Å². The fourth-order valence-corrected chi connectivity index (χ4v) is 3.00. The SMILES string of the molecule is O=C(NOCc1ccccc1)c1ccc(SCc2cccnc2)cc1. The van der Waals surface area contributed by atoms with Crippen LogP contribution in [0.3, 0.4) is 0 Å². The number of carbonyl (C=O) groups is 1. The lowest BCUT2D eigenvalue weighted by atomic mass is 10.2. The summed E-state index contributed by atoms with van der Waals surface area (Å²) in [6.45, 7) is 0.339. The number of pyridine rings is 1. The highest BCUT2D eigenvalue weighted by molar-refractivity contribution is 7.98. The first-order chi connectivity index (χ1) is 12.3. The van der Waals surface area contributed by atoms with Gasteiger partial charge >= 0.3 is 0 Å². The number of nitrogens with zero attached hydrogens (tertiary/aromatic N) is 1. The van der Waals surface area contributed by atoms with Crippen LogP contribution in [0.5, 0.6) is 0 Å². The lowest BCUT2D eigenvalue weighted by Gasteiger charge is -2.07. The van der Waals surface area contributed by atoms with E-state index in [2.05, 4.69) is 10.5 Å². The van der Waals surface area contributed by atoms with E-state index < -0.39 is 0 Å². The Hall–Kier alpha value is -2.63. The van der Waals surface area contributed by atoms with Crippen molar-refractivity contribution >= 4 is 17.7 Å². The van der Waals surface area contributed by atoms with Crippen LogP contribution in [0.15, 0.2) is 84.0 Å². The van der Waals surface area contributed by atoms with E-state index in [1.165, 1.54) is 5.56 Å². The topological polar surface area (TPSA) is 51.2 Å². The molecule has 25 heavy (non-hydrogen) atoms. The number of benzene rings is 2. The molecule has 3 rings (SSSR count). The zero-order valence-corrected chi connectivity index (χ0v) is 14.4. The van der Waals surface area contributed by atoms with Crippen molar-refractivity contribution in [3.63, 3.8) is 0 Å². The van der Waals surface area contributed by atoms with Gasteiger partial charge in [-0.2, -0.15) is 0 Å². The smallest absolute Gasteiger partial charge is 0.269 e. The number of nitrogens with one attached hydrogen (secondary N) is 1. The van der Waals surface area contributed by atoms with Crippen molar-refractivity contribution in [3.8, 4) is 0 Å². The van der Waals surface area contributed by atoms with Crippen LogP contribution in [0.1, 0.15) is 21.5 Å². The number of hydroxylamine groups is 1. The van der Waals surface area contributed by atoms with Crippen molar-refractivity contribution in [1.82, 2.24) is 10.5 Å². The molecular weight excluding hydrogens is 332 g/mol. The van der Waals surface area contributed by atoms with Crippen molar-refractivity contribution in [3.05, 3.63) is 95.8 Å². The van der Waals surface area contributed by atoms with Gasteiger partial charge in [0.1, 0.15) is 0 Å². The third-order valence-corrected chi connectivity index (χ3v) is 4.57. The molecule has 1 N–H and O–H groups in total. The summed E-state index contributed by atoms with van der Waals surface area (Å²) < 4.78 is 0. The fourth-order valence-electron chi connectivity index (χ4n) is 2.17. The van der Waals surface area contributed by atoms with Gasteiger partial charge in [-0.25, -0.2) is 5.48 Å². The van der Waals surface area contributed by atoms with Gasteiger partial charge in [0.2, 0.25) is 0 Å². The Morgan fingerprint density at radius 1 is 0.960 bits per heavy atom. The molecule has 0 radical (unpaired) electrons. The summed E-state index contributed by atoms with van der Waals surface area (Å²) in [5, 5.41) is 0. The number of hydrogen-bond acceptors (Lipinski definition) is 4. The van der Waals surface area contributed by atoms with Crippen LogP contribution in [0.2, 0.25) is 0 Å². The number of carbonyl (C=O) groups excluding carboxylic acids is 1.